The van der Waals surface area contributed by atoms with Gasteiger partial charge in [-0.15, -0.1) is 11.6 Å². The Balaban J connectivity index is 0.000000385. The highest BCUT2D eigenvalue weighted by Crippen LogP contribution is 2.07. The second-order valence-corrected chi connectivity index (χ2v) is 3.43. The fourth-order valence-electron chi connectivity index (χ4n) is 1.10. The molecule has 0 unspecified atom stereocenters. The molecule has 0 aliphatic carbocycles. The van der Waals surface area contributed by atoms with Crippen molar-refractivity contribution in [3.63, 3.8) is 0 Å². The first-order valence-corrected chi connectivity index (χ1v) is 6.02. The van der Waals surface area contributed by atoms with Gasteiger partial charge in [0.15, 0.2) is 0 Å². The zero-order valence-electron chi connectivity index (χ0n) is 10.3. The molecule has 1 aromatic rings. The molecule has 0 fully saturated rings. The van der Waals surface area contributed by atoms with E-state index in [1.165, 1.54) is 5.56 Å². The van der Waals surface area contributed by atoms with Gasteiger partial charge in [0.2, 0.25) is 0 Å². The number of benzene rings is 1. The minimum absolute atomic E-state index is 0.577. The van der Waals surface area contributed by atoms with Crippen LogP contribution in [-0.4, -0.2) is 20.3 Å². The lowest BCUT2D eigenvalue weighted by molar-refractivity contribution is 0.162. The van der Waals surface area contributed by atoms with E-state index >= 15 is 0 Å². The summed E-state index contributed by atoms with van der Waals surface area (Å²) in [4.78, 5) is 0. The number of ether oxygens (including phenoxy) is 2. The molecule has 92 valence electrons. The summed E-state index contributed by atoms with van der Waals surface area (Å²) in [6.07, 6.45) is 0. The van der Waals surface area contributed by atoms with Gasteiger partial charge >= 0.3 is 0 Å². The van der Waals surface area contributed by atoms with Gasteiger partial charge < -0.3 is 9.47 Å². The summed E-state index contributed by atoms with van der Waals surface area (Å²) in [7, 11) is 1.69. The van der Waals surface area contributed by atoms with Gasteiger partial charge in [0.1, 0.15) is 0 Å². The maximum Gasteiger partial charge on any atom is 0.0713 e. The molecular weight excluding hydrogens is 224 g/mol. The lowest BCUT2D eigenvalue weighted by Crippen LogP contribution is -1.87. The smallest absolute Gasteiger partial charge is 0.0713 e. The molecule has 0 bridgehead atoms. The van der Waals surface area contributed by atoms with Crippen molar-refractivity contribution >= 4 is 11.6 Å². The first-order valence-electron chi connectivity index (χ1n) is 5.48. The molecule has 0 radical (unpaired) electrons. The number of hydrogen-bond acceptors (Lipinski definition) is 2. The zero-order valence-corrected chi connectivity index (χ0v) is 11.1. The molecule has 0 saturated heterocycles. The van der Waals surface area contributed by atoms with Crippen LogP contribution in [0.15, 0.2) is 24.3 Å². The van der Waals surface area contributed by atoms with Gasteiger partial charge in [-0.2, -0.15) is 0 Å². The topological polar surface area (TPSA) is 18.5 Å². The molecule has 0 atom stereocenters. The Morgan fingerprint density at radius 2 is 1.50 bits per heavy atom. The van der Waals surface area contributed by atoms with Crippen molar-refractivity contribution in [3.8, 4) is 0 Å². The molecule has 0 amide bonds. The second kappa shape index (κ2) is 10.9. The molecule has 0 aliphatic heterocycles. The summed E-state index contributed by atoms with van der Waals surface area (Å²) < 4.78 is 9.80. The monoisotopic (exact) mass is 244 g/mol. The van der Waals surface area contributed by atoms with E-state index in [0.717, 1.165) is 18.8 Å². The van der Waals surface area contributed by atoms with Crippen molar-refractivity contribution in [1.82, 2.24) is 0 Å². The standard InChI is InChI=1S/C9H11ClO.C4H10O/c1-11-7-9-4-2-8(6-10)3-5-9;1-3-5-4-2/h2-5H,6-7H2,1H3;3-4H2,1-2H3. The molecule has 0 aromatic heterocycles. The van der Waals surface area contributed by atoms with Crippen LogP contribution < -0.4 is 0 Å². The quantitative estimate of drug-likeness (QED) is 0.737. The molecule has 3 heteroatoms. The van der Waals surface area contributed by atoms with Crippen LogP contribution in [0.4, 0.5) is 0 Å². The molecule has 1 aromatic carbocycles. The van der Waals surface area contributed by atoms with Gasteiger partial charge in [-0.3, -0.25) is 0 Å². The van der Waals surface area contributed by atoms with Crippen molar-refractivity contribution < 1.29 is 9.47 Å². The second-order valence-electron chi connectivity index (χ2n) is 3.16. The van der Waals surface area contributed by atoms with Crippen LogP contribution in [0.5, 0.6) is 0 Å². The highest BCUT2D eigenvalue weighted by atomic mass is 35.5. The van der Waals surface area contributed by atoms with E-state index in [1.54, 1.807) is 7.11 Å². The van der Waals surface area contributed by atoms with E-state index in [-0.39, 0.29) is 0 Å². The van der Waals surface area contributed by atoms with Crippen molar-refractivity contribution in [1.29, 1.82) is 0 Å². The molecule has 16 heavy (non-hydrogen) atoms. The van der Waals surface area contributed by atoms with Crippen LogP contribution in [0.2, 0.25) is 0 Å². The Bertz CT molecular complexity index is 245. The molecule has 0 N–H and O–H groups in total. The van der Waals surface area contributed by atoms with E-state index < -0.39 is 0 Å². The maximum absolute atomic E-state index is 5.63. The Kier molecular flexibility index (Phi) is 10.5. The first-order chi connectivity index (χ1) is 7.78. The predicted octanol–water partition coefficient (Wildman–Crippen LogP) is 3.61. The molecule has 0 heterocycles. The maximum atomic E-state index is 5.63. The van der Waals surface area contributed by atoms with Crippen LogP contribution in [0.1, 0.15) is 25.0 Å². The van der Waals surface area contributed by atoms with Crippen LogP contribution in [0.3, 0.4) is 0 Å². The van der Waals surface area contributed by atoms with Crippen LogP contribution >= 0.6 is 11.6 Å². The summed E-state index contributed by atoms with van der Waals surface area (Å²) in [5.74, 6) is 0.577. The number of hydrogen-bond donors (Lipinski definition) is 0. The third kappa shape index (κ3) is 7.69. The molecule has 0 aliphatic rings. The van der Waals surface area contributed by atoms with E-state index in [9.17, 15) is 0 Å². The summed E-state index contributed by atoms with van der Waals surface area (Å²) in [5, 5.41) is 0. The minimum atomic E-state index is 0.577. The van der Waals surface area contributed by atoms with Gasteiger partial charge in [0, 0.05) is 26.2 Å². The minimum Gasteiger partial charge on any atom is -0.382 e. The highest BCUT2D eigenvalue weighted by Gasteiger charge is 1.91. The average molecular weight is 245 g/mol. The summed E-state index contributed by atoms with van der Waals surface area (Å²) in [6.45, 7) is 6.34. The number of methoxy groups -OCH3 is 1. The molecular formula is C13H21ClO2. The summed E-state index contributed by atoms with van der Waals surface area (Å²) in [5.41, 5.74) is 2.33. The van der Waals surface area contributed by atoms with E-state index in [4.69, 9.17) is 21.1 Å². The van der Waals surface area contributed by atoms with Gasteiger partial charge in [0.05, 0.1) is 6.61 Å². The fourth-order valence-corrected chi connectivity index (χ4v) is 1.27. The van der Waals surface area contributed by atoms with E-state index in [0.29, 0.717) is 12.5 Å². The number of halogens is 1. The van der Waals surface area contributed by atoms with Gasteiger partial charge in [0.25, 0.3) is 0 Å². The lowest BCUT2D eigenvalue weighted by atomic mass is 10.2. The Morgan fingerprint density at radius 1 is 1.00 bits per heavy atom. The third-order valence-electron chi connectivity index (χ3n) is 1.90. The summed E-state index contributed by atoms with van der Waals surface area (Å²) >= 11 is 5.63. The highest BCUT2D eigenvalue weighted by molar-refractivity contribution is 6.17. The lowest BCUT2D eigenvalue weighted by Gasteiger charge is -1.99. The fraction of sp³-hybridized carbons (Fsp3) is 0.538. The van der Waals surface area contributed by atoms with Crippen LogP contribution in [0.25, 0.3) is 0 Å². The van der Waals surface area contributed by atoms with Crippen molar-refractivity contribution in [3.05, 3.63) is 35.4 Å². The SMILES string of the molecule is CCOCC.COCc1ccc(CCl)cc1. The molecule has 0 spiro atoms. The van der Waals surface area contributed by atoms with Crippen molar-refractivity contribution in [2.75, 3.05) is 20.3 Å². The largest absolute Gasteiger partial charge is 0.382 e. The van der Waals surface area contributed by atoms with Crippen molar-refractivity contribution in [2.24, 2.45) is 0 Å². The van der Waals surface area contributed by atoms with Crippen molar-refractivity contribution in [2.45, 2.75) is 26.3 Å². The first kappa shape index (κ1) is 15.4. The van der Waals surface area contributed by atoms with E-state index in [1.807, 2.05) is 38.1 Å². The Morgan fingerprint density at radius 3 is 1.81 bits per heavy atom. The third-order valence-corrected chi connectivity index (χ3v) is 2.21. The predicted molar refractivity (Wildman–Crippen MR) is 68.9 cm³/mol. The number of rotatable bonds is 5. The van der Waals surface area contributed by atoms with Gasteiger partial charge in [-0.25, -0.2) is 0 Å². The van der Waals surface area contributed by atoms with E-state index in [2.05, 4.69) is 0 Å². The van der Waals surface area contributed by atoms with Gasteiger partial charge in [-0.05, 0) is 25.0 Å². The zero-order chi connectivity index (χ0) is 12.2. The molecule has 0 saturated carbocycles. The normalized spacial score (nSPS) is 9.50. The molecule has 1 rings (SSSR count). The van der Waals surface area contributed by atoms with Gasteiger partial charge in [-0.1, -0.05) is 24.3 Å². The average Bonchev–Trinajstić information content (AvgIpc) is 2.32. The number of alkyl halides is 1. The Hall–Kier alpha value is -0.570. The van der Waals surface area contributed by atoms with Crippen LogP contribution in [0, 0.1) is 0 Å². The van der Waals surface area contributed by atoms with Crippen LogP contribution in [-0.2, 0) is 22.0 Å². The summed E-state index contributed by atoms with van der Waals surface area (Å²) in [6, 6.07) is 8.09. The Labute approximate surface area is 104 Å². The molecule has 2 nitrogen and oxygen atoms in total.